The van der Waals surface area contributed by atoms with Gasteiger partial charge in [0.2, 0.25) is 0 Å². The molecule has 0 saturated carbocycles. The summed E-state index contributed by atoms with van der Waals surface area (Å²) < 4.78 is 11.8. The third-order valence-electron chi connectivity index (χ3n) is 3.91. The van der Waals surface area contributed by atoms with Crippen LogP contribution in [0.2, 0.25) is 0 Å². The maximum atomic E-state index is 11.5. The summed E-state index contributed by atoms with van der Waals surface area (Å²) in [5, 5.41) is 3.41. The van der Waals surface area contributed by atoms with E-state index in [1.165, 1.54) is 7.11 Å². The average molecular weight is 356 g/mol. The highest BCUT2D eigenvalue weighted by Crippen LogP contribution is 2.37. The molecular weight excluding hydrogens is 334 g/mol. The molecule has 0 radical (unpaired) electrons. The number of nitrogens with one attached hydrogen (secondary N) is 1. The highest BCUT2D eigenvalue weighted by molar-refractivity contribution is 9.10. The minimum Gasteiger partial charge on any atom is -0.467 e. The van der Waals surface area contributed by atoms with Crippen LogP contribution < -0.4 is 5.32 Å². The summed E-state index contributed by atoms with van der Waals surface area (Å²) in [4.78, 5) is 11.5. The standard InChI is InChI=1S/C16H22BrNO3/c1-20-15(19)12-21-16(7-3-9-18-10-4-8-16)13-5-2-6-14(17)11-13/h2,5-6,11,18H,3-4,7-10,12H2,1H3. The van der Waals surface area contributed by atoms with E-state index in [0.29, 0.717) is 0 Å². The normalized spacial score (nSPS) is 18.6. The Kier molecular flexibility index (Phi) is 6.21. The Bertz CT molecular complexity index is 470. The molecule has 0 atom stereocenters. The Hall–Kier alpha value is -0.910. The summed E-state index contributed by atoms with van der Waals surface area (Å²) in [6, 6.07) is 8.19. The van der Waals surface area contributed by atoms with Gasteiger partial charge in [0.15, 0.2) is 0 Å². The first-order valence-corrected chi connectivity index (χ1v) is 8.13. The van der Waals surface area contributed by atoms with Crippen LogP contribution in [0.25, 0.3) is 0 Å². The van der Waals surface area contributed by atoms with Gasteiger partial charge in [-0.2, -0.15) is 0 Å². The molecule has 0 unspecified atom stereocenters. The summed E-state index contributed by atoms with van der Waals surface area (Å²) in [5.41, 5.74) is 0.725. The van der Waals surface area contributed by atoms with Crippen molar-refractivity contribution in [2.45, 2.75) is 31.3 Å². The second kappa shape index (κ2) is 7.92. The van der Waals surface area contributed by atoms with Crippen molar-refractivity contribution in [3.8, 4) is 0 Å². The van der Waals surface area contributed by atoms with Crippen LogP contribution in [-0.4, -0.2) is 32.8 Å². The topological polar surface area (TPSA) is 47.6 Å². The van der Waals surface area contributed by atoms with E-state index < -0.39 is 5.60 Å². The number of methoxy groups -OCH3 is 1. The van der Waals surface area contributed by atoms with Crippen molar-refractivity contribution in [1.29, 1.82) is 0 Å². The van der Waals surface area contributed by atoms with Crippen LogP contribution in [0.1, 0.15) is 31.2 Å². The third-order valence-corrected chi connectivity index (χ3v) is 4.41. The quantitative estimate of drug-likeness (QED) is 0.843. The SMILES string of the molecule is COC(=O)COC1(c2cccc(Br)c2)CCCNCCC1. The molecule has 5 heteroatoms. The number of ether oxygens (including phenoxy) is 2. The second-order valence-corrected chi connectivity index (χ2v) is 6.24. The molecule has 1 aromatic rings. The number of rotatable bonds is 4. The van der Waals surface area contributed by atoms with Crippen molar-refractivity contribution in [1.82, 2.24) is 5.32 Å². The predicted molar refractivity (Wildman–Crippen MR) is 85.1 cm³/mol. The van der Waals surface area contributed by atoms with E-state index in [1.54, 1.807) is 0 Å². The van der Waals surface area contributed by atoms with Crippen molar-refractivity contribution in [3.63, 3.8) is 0 Å². The van der Waals surface area contributed by atoms with Gasteiger partial charge in [0.05, 0.1) is 12.7 Å². The minimum absolute atomic E-state index is 0.00353. The highest BCUT2D eigenvalue weighted by Gasteiger charge is 2.34. The van der Waals surface area contributed by atoms with Crippen LogP contribution in [0.4, 0.5) is 0 Å². The van der Waals surface area contributed by atoms with Crippen molar-refractivity contribution < 1.29 is 14.3 Å². The first-order valence-electron chi connectivity index (χ1n) is 7.34. The van der Waals surface area contributed by atoms with Crippen molar-refractivity contribution >= 4 is 21.9 Å². The molecular formula is C16H22BrNO3. The van der Waals surface area contributed by atoms with Crippen LogP contribution in [0, 0.1) is 0 Å². The maximum absolute atomic E-state index is 11.5. The van der Waals surface area contributed by atoms with E-state index in [-0.39, 0.29) is 12.6 Å². The summed E-state index contributed by atoms with van der Waals surface area (Å²) in [5.74, 6) is -0.329. The van der Waals surface area contributed by atoms with Gasteiger partial charge in [-0.1, -0.05) is 28.1 Å². The van der Waals surface area contributed by atoms with Crippen LogP contribution >= 0.6 is 15.9 Å². The molecule has 1 aromatic carbocycles. The molecule has 1 heterocycles. The second-order valence-electron chi connectivity index (χ2n) is 5.33. The number of halogens is 1. The maximum Gasteiger partial charge on any atom is 0.331 e. The van der Waals surface area contributed by atoms with Gasteiger partial charge in [0, 0.05) is 4.47 Å². The molecule has 1 fully saturated rings. The first kappa shape index (κ1) is 16.5. The molecule has 1 aliphatic heterocycles. The molecule has 0 aliphatic carbocycles. The zero-order valence-corrected chi connectivity index (χ0v) is 13.9. The van der Waals surface area contributed by atoms with E-state index in [4.69, 9.17) is 9.47 Å². The van der Waals surface area contributed by atoms with Crippen molar-refractivity contribution in [3.05, 3.63) is 34.3 Å². The summed E-state index contributed by atoms with van der Waals surface area (Å²) in [6.45, 7) is 1.96. The fourth-order valence-electron chi connectivity index (χ4n) is 2.79. The molecule has 2 rings (SSSR count). The van der Waals surface area contributed by atoms with Crippen LogP contribution in [0.15, 0.2) is 28.7 Å². The first-order chi connectivity index (χ1) is 10.2. The molecule has 0 aromatic heterocycles. The lowest BCUT2D eigenvalue weighted by molar-refractivity contribution is -0.156. The minimum atomic E-state index is -0.403. The zero-order valence-electron chi connectivity index (χ0n) is 12.4. The van der Waals surface area contributed by atoms with Gasteiger partial charge in [-0.3, -0.25) is 0 Å². The van der Waals surface area contributed by atoms with E-state index in [1.807, 2.05) is 12.1 Å². The number of benzene rings is 1. The number of carbonyl (C=O) groups excluding carboxylic acids is 1. The Morgan fingerprint density at radius 2 is 2.05 bits per heavy atom. The Morgan fingerprint density at radius 1 is 1.33 bits per heavy atom. The van der Waals surface area contributed by atoms with E-state index >= 15 is 0 Å². The fraction of sp³-hybridized carbons (Fsp3) is 0.562. The summed E-state index contributed by atoms with van der Waals surface area (Å²) in [6.07, 6.45) is 3.84. The zero-order chi connectivity index (χ0) is 15.1. The molecule has 21 heavy (non-hydrogen) atoms. The van der Waals surface area contributed by atoms with Crippen LogP contribution in [-0.2, 0) is 19.9 Å². The largest absolute Gasteiger partial charge is 0.467 e. The highest BCUT2D eigenvalue weighted by atomic mass is 79.9. The number of carbonyl (C=O) groups is 1. The predicted octanol–water partition coefficient (Wildman–Crippen LogP) is 3.00. The number of hydrogen-bond donors (Lipinski definition) is 1. The molecule has 1 N–H and O–H groups in total. The molecule has 116 valence electrons. The number of esters is 1. The van der Waals surface area contributed by atoms with Crippen LogP contribution in [0.5, 0.6) is 0 Å². The van der Waals surface area contributed by atoms with Gasteiger partial charge in [-0.15, -0.1) is 0 Å². The van der Waals surface area contributed by atoms with Gasteiger partial charge in [0.25, 0.3) is 0 Å². The van der Waals surface area contributed by atoms with Gasteiger partial charge in [0.1, 0.15) is 6.61 Å². The van der Waals surface area contributed by atoms with Gasteiger partial charge >= 0.3 is 5.97 Å². The number of hydrogen-bond acceptors (Lipinski definition) is 4. The third kappa shape index (κ3) is 4.53. The van der Waals surface area contributed by atoms with Crippen molar-refractivity contribution in [2.75, 3.05) is 26.8 Å². The Balaban J connectivity index is 2.24. The molecule has 0 amide bonds. The lowest BCUT2D eigenvalue weighted by atomic mass is 9.83. The van der Waals surface area contributed by atoms with E-state index in [9.17, 15) is 4.79 Å². The van der Waals surface area contributed by atoms with Crippen LogP contribution in [0.3, 0.4) is 0 Å². The van der Waals surface area contributed by atoms with E-state index in [0.717, 1.165) is 48.8 Å². The Morgan fingerprint density at radius 3 is 2.67 bits per heavy atom. The molecule has 0 bridgehead atoms. The smallest absolute Gasteiger partial charge is 0.331 e. The molecule has 1 saturated heterocycles. The van der Waals surface area contributed by atoms with Crippen molar-refractivity contribution in [2.24, 2.45) is 0 Å². The van der Waals surface area contributed by atoms with E-state index in [2.05, 4.69) is 33.4 Å². The molecule has 0 spiro atoms. The molecule has 4 nitrogen and oxygen atoms in total. The summed E-state index contributed by atoms with van der Waals surface area (Å²) >= 11 is 3.52. The fourth-order valence-corrected chi connectivity index (χ4v) is 3.19. The van der Waals surface area contributed by atoms with Gasteiger partial charge < -0.3 is 14.8 Å². The lowest BCUT2D eigenvalue weighted by Crippen LogP contribution is -2.36. The molecule has 1 aliphatic rings. The Labute approximate surface area is 134 Å². The average Bonchev–Trinajstić information content (AvgIpc) is 2.46. The van der Waals surface area contributed by atoms with Gasteiger partial charge in [-0.05, 0) is 56.5 Å². The lowest BCUT2D eigenvalue weighted by Gasteiger charge is -2.36. The van der Waals surface area contributed by atoms with Gasteiger partial charge in [-0.25, -0.2) is 4.79 Å². The monoisotopic (exact) mass is 355 g/mol. The summed E-state index contributed by atoms with van der Waals surface area (Å²) in [7, 11) is 1.39.